The lowest BCUT2D eigenvalue weighted by Gasteiger charge is -2.17. The van der Waals surface area contributed by atoms with Crippen LogP contribution >= 0.6 is 0 Å². The summed E-state index contributed by atoms with van der Waals surface area (Å²) in [6.45, 7) is 4.45. The molecular weight excluding hydrogens is 328 g/mol. The molecule has 0 aliphatic carbocycles. The van der Waals surface area contributed by atoms with Gasteiger partial charge in [-0.3, -0.25) is 4.98 Å². The van der Waals surface area contributed by atoms with E-state index in [0.29, 0.717) is 18.1 Å². The molecule has 2 aromatic heterocycles. The Balaban J connectivity index is 1.81. The maximum absolute atomic E-state index is 11.4. The molecule has 132 valence electrons. The Hall–Kier alpha value is -3.28. The molecule has 6 nitrogen and oxygen atoms in total. The molecule has 0 aliphatic rings. The number of aromatic nitrogens is 3. The van der Waals surface area contributed by atoms with Crippen molar-refractivity contribution in [1.29, 1.82) is 0 Å². The highest BCUT2D eigenvalue weighted by Gasteiger charge is 2.12. The Kier molecular flexibility index (Phi) is 4.93. The van der Waals surface area contributed by atoms with E-state index in [4.69, 9.17) is 0 Å². The predicted octanol–water partition coefficient (Wildman–Crippen LogP) is 3.49. The lowest BCUT2D eigenvalue weighted by molar-refractivity contribution is 0.0697. The standard InChI is InChI=1S/C20H20N4O2/c1-13-10-14(2)23-20(22-13)24(3)12-16-9-8-15(11-21-16)17-6-4-5-7-18(17)19(25)26/h4-11H,12H2,1-3H3,(H,25,26). The van der Waals surface area contributed by atoms with Gasteiger partial charge in [-0.25, -0.2) is 14.8 Å². The average Bonchev–Trinajstić information content (AvgIpc) is 2.61. The first-order valence-corrected chi connectivity index (χ1v) is 8.25. The van der Waals surface area contributed by atoms with Gasteiger partial charge in [0, 0.05) is 30.2 Å². The maximum atomic E-state index is 11.4. The molecule has 0 unspecified atom stereocenters. The van der Waals surface area contributed by atoms with Gasteiger partial charge in [0.15, 0.2) is 0 Å². The van der Waals surface area contributed by atoms with Gasteiger partial charge in [0.1, 0.15) is 0 Å². The van der Waals surface area contributed by atoms with Gasteiger partial charge in [-0.2, -0.15) is 0 Å². The number of nitrogens with zero attached hydrogens (tertiary/aromatic N) is 4. The Morgan fingerprint density at radius 2 is 1.77 bits per heavy atom. The van der Waals surface area contributed by atoms with E-state index in [0.717, 1.165) is 22.6 Å². The van der Waals surface area contributed by atoms with Crippen LogP contribution in [0.4, 0.5) is 5.95 Å². The monoisotopic (exact) mass is 348 g/mol. The number of rotatable bonds is 5. The van der Waals surface area contributed by atoms with Crippen molar-refractivity contribution in [3.63, 3.8) is 0 Å². The number of aromatic carboxylic acids is 1. The van der Waals surface area contributed by atoms with Crippen LogP contribution in [0.2, 0.25) is 0 Å². The van der Waals surface area contributed by atoms with Crippen LogP contribution in [0.1, 0.15) is 27.4 Å². The minimum atomic E-state index is -0.948. The third-order valence-electron chi connectivity index (χ3n) is 4.00. The van der Waals surface area contributed by atoms with Crippen molar-refractivity contribution in [2.75, 3.05) is 11.9 Å². The van der Waals surface area contributed by atoms with Crippen LogP contribution in [0.5, 0.6) is 0 Å². The smallest absolute Gasteiger partial charge is 0.336 e. The normalized spacial score (nSPS) is 10.6. The first kappa shape index (κ1) is 17.5. The molecule has 0 spiro atoms. The molecule has 0 aliphatic heterocycles. The summed E-state index contributed by atoms with van der Waals surface area (Å²) in [4.78, 5) is 26.7. The number of carboxylic acid groups (broad SMARTS) is 1. The van der Waals surface area contributed by atoms with Crippen molar-refractivity contribution >= 4 is 11.9 Å². The lowest BCUT2D eigenvalue weighted by Crippen LogP contribution is -2.20. The number of aryl methyl sites for hydroxylation is 2. The number of pyridine rings is 1. The number of carboxylic acids is 1. The fourth-order valence-corrected chi connectivity index (χ4v) is 2.79. The predicted molar refractivity (Wildman–Crippen MR) is 100 cm³/mol. The van der Waals surface area contributed by atoms with Crippen molar-refractivity contribution < 1.29 is 9.90 Å². The molecule has 26 heavy (non-hydrogen) atoms. The topological polar surface area (TPSA) is 79.2 Å². The van der Waals surface area contributed by atoms with E-state index in [-0.39, 0.29) is 5.56 Å². The Morgan fingerprint density at radius 1 is 1.08 bits per heavy atom. The maximum Gasteiger partial charge on any atom is 0.336 e. The summed E-state index contributed by atoms with van der Waals surface area (Å²) >= 11 is 0. The van der Waals surface area contributed by atoms with Gasteiger partial charge in [0.05, 0.1) is 17.8 Å². The highest BCUT2D eigenvalue weighted by molar-refractivity contribution is 5.95. The first-order chi connectivity index (χ1) is 12.4. The Morgan fingerprint density at radius 3 is 2.38 bits per heavy atom. The Bertz CT molecular complexity index is 919. The summed E-state index contributed by atoms with van der Waals surface area (Å²) in [5.74, 6) is -0.291. The zero-order valence-corrected chi connectivity index (χ0v) is 15.0. The van der Waals surface area contributed by atoms with E-state index in [1.807, 2.05) is 50.1 Å². The molecule has 0 saturated carbocycles. The molecule has 1 N–H and O–H groups in total. The highest BCUT2D eigenvalue weighted by Crippen LogP contribution is 2.23. The zero-order chi connectivity index (χ0) is 18.7. The van der Waals surface area contributed by atoms with E-state index in [1.165, 1.54) is 0 Å². The van der Waals surface area contributed by atoms with Crippen LogP contribution in [-0.4, -0.2) is 33.1 Å². The summed E-state index contributed by atoms with van der Waals surface area (Å²) < 4.78 is 0. The summed E-state index contributed by atoms with van der Waals surface area (Å²) in [6.07, 6.45) is 1.70. The molecular formula is C20H20N4O2. The van der Waals surface area contributed by atoms with Gasteiger partial charge in [-0.15, -0.1) is 0 Å². The van der Waals surface area contributed by atoms with Crippen LogP contribution in [0.15, 0.2) is 48.7 Å². The number of carbonyl (C=O) groups is 1. The number of benzene rings is 1. The molecule has 0 fully saturated rings. The molecule has 6 heteroatoms. The van der Waals surface area contributed by atoms with Crippen molar-refractivity contribution in [3.8, 4) is 11.1 Å². The van der Waals surface area contributed by atoms with Crippen molar-refractivity contribution in [2.24, 2.45) is 0 Å². The largest absolute Gasteiger partial charge is 0.478 e. The van der Waals surface area contributed by atoms with Crippen molar-refractivity contribution in [1.82, 2.24) is 15.0 Å². The van der Waals surface area contributed by atoms with Gasteiger partial charge < -0.3 is 10.0 Å². The van der Waals surface area contributed by atoms with Gasteiger partial charge in [-0.1, -0.05) is 24.3 Å². The van der Waals surface area contributed by atoms with E-state index in [2.05, 4.69) is 15.0 Å². The van der Waals surface area contributed by atoms with E-state index >= 15 is 0 Å². The summed E-state index contributed by atoms with van der Waals surface area (Å²) in [5, 5.41) is 9.33. The quantitative estimate of drug-likeness (QED) is 0.760. The molecule has 2 heterocycles. The Labute approximate surface area is 152 Å². The van der Waals surface area contributed by atoms with Crippen LogP contribution < -0.4 is 4.90 Å². The van der Waals surface area contributed by atoms with Crippen LogP contribution in [0, 0.1) is 13.8 Å². The van der Waals surface area contributed by atoms with Gasteiger partial charge in [-0.05, 0) is 37.6 Å². The molecule has 3 aromatic rings. The molecule has 3 rings (SSSR count). The second-order valence-electron chi connectivity index (χ2n) is 6.20. The zero-order valence-electron chi connectivity index (χ0n) is 15.0. The highest BCUT2D eigenvalue weighted by atomic mass is 16.4. The average molecular weight is 348 g/mol. The second kappa shape index (κ2) is 7.31. The second-order valence-corrected chi connectivity index (χ2v) is 6.20. The molecule has 1 aromatic carbocycles. The molecule has 0 radical (unpaired) electrons. The number of anilines is 1. The fraction of sp³-hybridized carbons (Fsp3) is 0.200. The van der Waals surface area contributed by atoms with Crippen LogP contribution in [0.25, 0.3) is 11.1 Å². The fourth-order valence-electron chi connectivity index (χ4n) is 2.79. The minimum Gasteiger partial charge on any atom is -0.478 e. The summed E-state index contributed by atoms with van der Waals surface area (Å²) in [7, 11) is 1.92. The van der Waals surface area contributed by atoms with Gasteiger partial charge in [0.2, 0.25) is 5.95 Å². The summed E-state index contributed by atoms with van der Waals surface area (Å²) in [6, 6.07) is 12.6. The minimum absolute atomic E-state index is 0.266. The van der Waals surface area contributed by atoms with Gasteiger partial charge >= 0.3 is 5.97 Å². The SMILES string of the molecule is Cc1cc(C)nc(N(C)Cc2ccc(-c3ccccc3C(=O)O)cn2)n1. The third kappa shape index (κ3) is 3.85. The molecule has 0 atom stereocenters. The number of hydrogen-bond donors (Lipinski definition) is 1. The summed E-state index contributed by atoms with van der Waals surface area (Å²) in [5.41, 5.74) is 4.40. The van der Waals surface area contributed by atoms with E-state index in [9.17, 15) is 9.90 Å². The third-order valence-corrected chi connectivity index (χ3v) is 4.00. The van der Waals surface area contributed by atoms with E-state index in [1.54, 1.807) is 24.4 Å². The molecule has 0 saturated heterocycles. The van der Waals surface area contributed by atoms with Crippen LogP contribution in [-0.2, 0) is 6.54 Å². The molecule has 0 bridgehead atoms. The first-order valence-electron chi connectivity index (χ1n) is 8.25. The van der Waals surface area contributed by atoms with Crippen molar-refractivity contribution in [3.05, 3.63) is 71.3 Å². The number of hydrogen-bond acceptors (Lipinski definition) is 5. The lowest BCUT2D eigenvalue weighted by atomic mass is 10.0. The van der Waals surface area contributed by atoms with Crippen LogP contribution in [0.3, 0.4) is 0 Å². The molecule has 0 amide bonds. The van der Waals surface area contributed by atoms with Gasteiger partial charge in [0.25, 0.3) is 0 Å². The van der Waals surface area contributed by atoms with Crippen molar-refractivity contribution in [2.45, 2.75) is 20.4 Å². The van der Waals surface area contributed by atoms with E-state index < -0.39 is 5.97 Å².